The Bertz CT molecular complexity index is 596. The Morgan fingerprint density at radius 3 is 2.04 bits per heavy atom. The van der Waals surface area contributed by atoms with Crippen LogP contribution in [0, 0.1) is 5.92 Å². The van der Waals surface area contributed by atoms with Crippen molar-refractivity contribution < 1.29 is 35.9 Å². The molecular formula is C14H11F6NO2. The van der Waals surface area contributed by atoms with Crippen molar-refractivity contribution in [2.75, 3.05) is 6.54 Å². The minimum atomic E-state index is -5.54. The van der Waals surface area contributed by atoms with E-state index < -0.39 is 35.9 Å². The third-order valence-electron chi connectivity index (χ3n) is 3.61. The molecule has 1 aliphatic rings. The maximum Gasteiger partial charge on any atom is 0.450 e. The summed E-state index contributed by atoms with van der Waals surface area (Å²) in [4.78, 5) is 23.0. The molecule has 0 bridgehead atoms. The van der Waals surface area contributed by atoms with Gasteiger partial charge in [-0.15, -0.1) is 0 Å². The Kier molecular flexibility index (Phi) is 4.52. The molecule has 0 spiro atoms. The molecule has 1 aromatic carbocycles. The summed E-state index contributed by atoms with van der Waals surface area (Å²) in [6.45, 7) is 0.0639. The van der Waals surface area contributed by atoms with Crippen LogP contribution in [0.5, 0.6) is 0 Å². The average Bonchev–Trinajstić information content (AvgIpc) is 2.45. The van der Waals surface area contributed by atoms with E-state index in [0.717, 1.165) is 0 Å². The first-order valence-electron chi connectivity index (χ1n) is 6.56. The van der Waals surface area contributed by atoms with Crippen molar-refractivity contribution in [2.24, 2.45) is 5.92 Å². The number of hydrogen-bond donors (Lipinski definition) is 1. The van der Waals surface area contributed by atoms with Crippen LogP contribution in [0.1, 0.15) is 17.2 Å². The summed E-state index contributed by atoms with van der Waals surface area (Å²) < 4.78 is 76.1. The second-order valence-corrected chi connectivity index (χ2v) is 5.08. The number of nitrogens with one attached hydrogen (secondary N) is 1. The summed E-state index contributed by atoms with van der Waals surface area (Å²) in [6.07, 6.45) is -10.7. The molecule has 3 nitrogen and oxygen atoms in total. The fourth-order valence-corrected chi connectivity index (χ4v) is 2.61. The van der Waals surface area contributed by atoms with E-state index in [9.17, 15) is 35.9 Å². The van der Waals surface area contributed by atoms with E-state index in [0.29, 0.717) is 12.0 Å². The SMILES string of the molecule is O=C(C(C(=O)C(F)(F)F)C1NCCc2ccccc21)C(F)(F)F. The second-order valence-electron chi connectivity index (χ2n) is 5.08. The number of carbonyl (C=O) groups is 2. The number of hydrogen-bond acceptors (Lipinski definition) is 3. The zero-order chi connectivity index (χ0) is 17.4. The largest absolute Gasteiger partial charge is 0.450 e. The van der Waals surface area contributed by atoms with E-state index in [1.54, 1.807) is 6.07 Å². The van der Waals surface area contributed by atoms with E-state index in [4.69, 9.17) is 0 Å². The van der Waals surface area contributed by atoms with Crippen molar-refractivity contribution in [1.82, 2.24) is 5.32 Å². The molecule has 1 aromatic rings. The maximum absolute atomic E-state index is 12.7. The van der Waals surface area contributed by atoms with Gasteiger partial charge in [0.1, 0.15) is 5.92 Å². The quantitative estimate of drug-likeness (QED) is 0.680. The Labute approximate surface area is 126 Å². The number of carbonyl (C=O) groups excluding carboxylic acids is 2. The molecule has 1 unspecified atom stereocenters. The molecular weight excluding hydrogens is 328 g/mol. The third kappa shape index (κ3) is 3.54. The predicted octanol–water partition coefficient (Wildman–Crippen LogP) is 2.75. The van der Waals surface area contributed by atoms with Crippen molar-refractivity contribution in [1.29, 1.82) is 0 Å². The van der Waals surface area contributed by atoms with Gasteiger partial charge in [0.25, 0.3) is 0 Å². The van der Waals surface area contributed by atoms with E-state index in [2.05, 4.69) is 5.32 Å². The first kappa shape index (κ1) is 17.5. The highest BCUT2D eigenvalue weighted by Gasteiger charge is 2.56. The molecule has 1 aliphatic heterocycles. The van der Waals surface area contributed by atoms with Gasteiger partial charge in [-0.2, -0.15) is 26.3 Å². The van der Waals surface area contributed by atoms with Crippen molar-refractivity contribution >= 4 is 11.6 Å². The zero-order valence-electron chi connectivity index (χ0n) is 11.5. The Morgan fingerprint density at radius 1 is 1.00 bits per heavy atom. The molecule has 1 N–H and O–H groups in total. The summed E-state index contributed by atoms with van der Waals surface area (Å²) in [5, 5.41) is 2.44. The van der Waals surface area contributed by atoms with Gasteiger partial charge >= 0.3 is 12.4 Å². The van der Waals surface area contributed by atoms with Gasteiger partial charge in [0.2, 0.25) is 11.6 Å². The van der Waals surface area contributed by atoms with Gasteiger partial charge in [0.15, 0.2) is 0 Å². The second kappa shape index (κ2) is 5.95. The van der Waals surface area contributed by atoms with Gasteiger partial charge in [-0.1, -0.05) is 24.3 Å². The topological polar surface area (TPSA) is 46.2 Å². The monoisotopic (exact) mass is 339 g/mol. The van der Waals surface area contributed by atoms with E-state index in [1.807, 2.05) is 0 Å². The highest BCUT2D eigenvalue weighted by Crippen LogP contribution is 2.37. The Hall–Kier alpha value is -1.90. The van der Waals surface area contributed by atoms with Crippen molar-refractivity contribution in [3.05, 3.63) is 35.4 Å². The van der Waals surface area contributed by atoms with E-state index in [1.165, 1.54) is 18.2 Å². The Balaban J connectivity index is 2.51. The lowest BCUT2D eigenvalue weighted by Crippen LogP contribution is -2.49. The molecule has 2 rings (SSSR count). The average molecular weight is 339 g/mol. The number of halogens is 6. The molecule has 126 valence electrons. The van der Waals surface area contributed by atoms with Crippen LogP contribution in [0.2, 0.25) is 0 Å². The fourth-order valence-electron chi connectivity index (χ4n) is 2.61. The highest BCUT2D eigenvalue weighted by molar-refractivity contribution is 6.07. The molecule has 0 amide bonds. The molecule has 0 aromatic heterocycles. The number of fused-ring (bicyclic) bond motifs is 1. The molecule has 23 heavy (non-hydrogen) atoms. The smallest absolute Gasteiger partial charge is 0.309 e. The fraction of sp³-hybridized carbons (Fsp3) is 0.429. The summed E-state index contributed by atoms with van der Waals surface area (Å²) in [5.41, 5.74) is 0.602. The van der Waals surface area contributed by atoms with Gasteiger partial charge < -0.3 is 5.32 Å². The van der Waals surface area contributed by atoms with Gasteiger partial charge in [0, 0.05) is 6.04 Å². The summed E-state index contributed by atoms with van der Waals surface area (Å²) >= 11 is 0. The van der Waals surface area contributed by atoms with Crippen LogP contribution in [0.15, 0.2) is 24.3 Å². The van der Waals surface area contributed by atoms with Crippen LogP contribution in [-0.4, -0.2) is 30.5 Å². The molecule has 0 saturated carbocycles. The standard InChI is InChI=1S/C14H11F6NO2/c15-13(16,17)11(22)9(12(23)14(18,19)20)10-8-4-2-1-3-7(8)5-6-21-10/h1-4,9-10,21H,5-6H2. The number of ketones is 2. The minimum Gasteiger partial charge on any atom is -0.309 e. The lowest BCUT2D eigenvalue weighted by molar-refractivity contribution is -0.191. The molecule has 0 saturated heterocycles. The molecule has 0 radical (unpaired) electrons. The molecule has 9 heteroatoms. The van der Waals surface area contributed by atoms with Gasteiger partial charge in [-0.3, -0.25) is 9.59 Å². The van der Waals surface area contributed by atoms with Crippen molar-refractivity contribution in [3.8, 4) is 0 Å². The molecule has 0 fully saturated rings. The van der Waals surface area contributed by atoms with Crippen LogP contribution in [0.3, 0.4) is 0 Å². The highest BCUT2D eigenvalue weighted by atomic mass is 19.4. The first-order chi connectivity index (χ1) is 10.5. The lowest BCUT2D eigenvalue weighted by atomic mass is 9.81. The van der Waals surface area contributed by atoms with Gasteiger partial charge in [-0.05, 0) is 24.1 Å². The van der Waals surface area contributed by atoms with Crippen LogP contribution >= 0.6 is 0 Å². The Morgan fingerprint density at radius 2 is 1.52 bits per heavy atom. The molecule has 0 aliphatic carbocycles. The summed E-state index contributed by atoms with van der Waals surface area (Å²) in [6, 6.07) is 4.19. The minimum absolute atomic E-state index is 0.0639. The van der Waals surface area contributed by atoms with E-state index in [-0.39, 0.29) is 12.1 Å². The third-order valence-corrected chi connectivity index (χ3v) is 3.61. The molecule has 1 atom stereocenters. The van der Waals surface area contributed by atoms with Crippen LogP contribution in [-0.2, 0) is 16.0 Å². The van der Waals surface area contributed by atoms with Gasteiger partial charge in [0.05, 0.1) is 0 Å². The lowest BCUT2D eigenvalue weighted by Gasteiger charge is -2.32. The normalized spacial score (nSPS) is 18.7. The predicted molar refractivity (Wildman–Crippen MR) is 66.5 cm³/mol. The number of Topliss-reactive ketones (excluding diaryl/α,β-unsaturated/α-hetero) is 2. The van der Waals surface area contributed by atoms with E-state index >= 15 is 0 Å². The van der Waals surface area contributed by atoms with Crippen LogP contribution < -0.4 is 5.32 Å². The van der Waals surface area contributed by atoms with Crippen molar-refractivity contribution in [2.45, 2.75) is 24.8 Å². The molecule has 1 heterocycles. The summed E-state index contributed by atoms with van der Waals surface area (Å²) in [7, 11) is 0. The number of alkyl halides is 6. The zero-order valence-corrected chi connectivity index (χ0v) is 11.5. The number of rotatable bonds is 3. The van der Waals surface area contributed by atoms with Crippen LogP contribution in [0.25, 0.3) is 0 Å². The first-order valence-corrected chi connectivity index (χ1v) is 6.56. The van der Waals surface area contributed by atoms with Gasteiger partial charge in [-0.25, -0.2) is 0 Å². The van der Waals surface area contributed by atoms with Crippen LogP contribution in [0.4, 0.5) is 26.3 Å². The maximum atomic E-state index is 12.7. The summed E-state index contributed by atoms with van der Waals surface area (Å²) in [5.74, 6) is -8.29. The van der Waals surface area contributed by atoms with Crippen molar-refractivity contribution in [3.63, 3.8) is 0 Å². The number of benzene rings is 1.